The Balaban J connectivity index is 2.11. The Morgan fingerprint density at radius 2 is 1.77 bits per heavy atom. The Kier molecular flexibility index (Phi) is 11.4. The SMILES string of the molecule is CC(C)(C)OC(=O)C[C@@H](C=NNC(N)=O)NC(=O)[C@@H](CC(=O)N1CCOCC1)CC1CCCCC1. The summed E-state index contributed by atoms with van der Waals surface area (Å²) in [6.07, 6.45) is 7.31. The molecule has 1 saturated heterocycles. The summed E-state index contributed by atoms with van der Waals surface area (Å²) in [5.41, 5.74) is 6.43. The molecule has 11 heteroatoms. The van der Waals surface area contributed by atoms with Crippen LogP contribution in [0.25, 0.3) is 0 Å². The molecule has 0 spiro atoms. The summed E-state index contributed by atoms with van der Waals surface area (Å²) in [5, 5.41) is 6.55. The van der Waals surface area contributed by atoms with Crippen molar-refractivity contribution in [1.82, 2.24) is 15.6 Å². The number of hydrazone groups is 1. The summed E-state index contributed by atoms with van der Waals surface area (Å²) < 4.78 is 10.7. The number of morpholine rings is 1. The fourth-order valence-electron chi connectivity index (χ4n) is 4.46. The molecule has 0 radical (unpaired) electrons. The number of hydrogen-bond donors (Lipinski definition) is 3. The topological polar surface area (TPSA) is 152 Å². The molecule has 2 atom stereocenters. The minimum Gasteiger partial charge on any atom is -0.460 e. The van der Waals surface area contributed by atoms with E-state index in [1.807, 2.05) is 0 Å². The van der Waals surface area contributed by atoms with Crippen LogP contribution >= 0.6 is 0 Å². The Morgan fingerprint density at radius 1 is 1.11 bits per heavy atom. The minimum absolute atomic E-state index is 0.0722. The van der Waals surface area contributed by atoms with E-state index in [9.17, 15) is 19.2 Å². The molecule has 2 fully saturated rings. The third kappa shape index (κ3) is 11.5. The summed E-state index contributed by atoms with van der Waals surface area (Å²) in [4.78, 5) is 51.4. The first kappa shape index (κ1) is 28.5. The molecule has 1 aliphatic heterocycles. The van der Waals surface area contributed by atoms with Crippen molar-refractivity contribution in [1.29, 1.82) is 0 Å². The molecular weight excluding hydrogens is 454 g/mol. The van der Waals surface area contributed by atoms with Crippen molar-refractivity contribution in [3.05, 3.63) is 0 Å². The summed E-state index contributed by atoms with van der Waals surface area (Å²) in [5.74, 6) is -1.08. The summed E-state index contributed by atoms with van der Waals surface area (Å²) in [7, 11) is 0. The fourth-order valence-corrected chi connectivity index (χ4v) is 4.46. The maximum atomic E-state index is 13.4. The van der Waals surface area contributed by atoms with Gasteiger partial charge in [0.2, 0.25) is 11.8 Å². The second kappa shape index (κ2) is 14.0. The molecular formula is C24H41N5O6. The number of hydrogen-bond acceptors (Lipinski definition) is 7. The molecule has 0 aromatic heterocycles. The van der Waals surface area contributed by atoms with Gasteiger partial charge in [-0.05, 0) is 33.1 Å². The van der Waals surface area contributed by atoms with Gasteiger partial charge in [-0.1, -0.05) is 32.1 Å². The predicted octanol–water partition coefficient (Wildman–Crippen LogP) is 1.69. The lowest BCUT2D eigenvalue weighted by Gasteiger charge is -2.30. The number of urea groups is 1. The van der Waals surface area contributed by atoms with Crippen LogP contribution < -0.4 is 16.5 Å². The molecule has 1 saturated carbocycles. The van der Waals surface area contributed by atoms with Gasteiger partial charge in [-0.25, -0.2) is 10.2 Å². The number of carbonyl (C=O) groups is 4. The van der Waals surface area contributed by atoms with Gasteiger partial charge in [-0.3, -0.25) is 14.4 Å². The first-order valence-electron chi connectivity index (χ1n) is 12.5. The maximum Gasteiger partial charge on any atom is 0.332 e. The fraction of sp³-hybridized carbons (Fsp3) is 0.792. The largest absolute Gasteiger partial charge is 0.460 e. The zero-order chi connectivity index (χ0) is 25.8. The van der Waals surface area contributed by atoms with E-state index >= 15 is 0 Å². The molecule has 11 nitrogen and oxygen atoms in total. The Hall–Kier alpha value is -2.69. The van der Waals surface area contributed by atoms with Crippen LogP contribution in [-0.4, -0.2) is 72.9 Å². The minimum atomic E-state index is -0.866. The zero-order valence-corrected chi connectivity index (χ0v) is 21.2. The molecule has 0 bridgehead atoms. The van der Waals surface area contributed by atoms with Crippen LogP contribution in [0, 0.1) is 11.8 Å². The number of nitrogens with two attached hydrogens (primary N) is 1. The van der Waals surface area contributed by atoms with Gasteiger partial charge in [-0.15, -0.1) is 0 Å². The number of rotatable bonds is 10. The van der Waals surface area contributed by atoms with Crippen LogP contribution in [0.4, 0.5) is 4.79 Å². The smallest absolute Gasteiger partial charge is 0.332 e. The van der Waals surface area contributed by atoms with Gasteiger partial charge in [0.15, 0.2) is 0 Å². The highest BCUT2D eigenvalue weighted by atomic mass is 16.6. The lowest BCUT2D eigenvalue weighted by Crippen LogP contribution is -2.46. The summed E-state index contributed by atoms with van der Waals surface area (Å²) in [6, 6.07) is -1.70. The van der Waals surface area contributed by atoms with Gasteiger partial charge in [0.25, 0.3) is 0 Å². The molecule has 2 aliphatic rings. The second-order valence-corrected chi connectivity index (χ2v) is 10.3. The van der Waals surface area contributed by atoms with Gasteiger partial charge in [0, 0.05) is 31.6 Å². The van der Waals surface area contributed by atoms with Gasteiger partial charge in [0.05, 0.1) is 25.7 Å². The Bertz CT molecular complexity index is 754. The predicted molar refractivity (Wildman–Crippen MR) is 130 cm³/mol. The summed E-state index contributed by atoms with van der Waals surface area (Å²) >= 11 is 0. The quantitative estimate of drug-likeness (QED) is 0.238. The van der Waals surface area contributed by atoms with Crippen LogP contribution in [0.1, 0.15) is 72.1 Å². The van der Waals surface area contributed by atoms with Crippen molar-refractivity contribution in [3.8, 4) is 0 Å². The molecule has 1 aliphatic carbocycles. The average Bonchev–Trinajstić information content (AvgIpc) is 2.78. The Morgan fingerprint density at radius 3 is 2.37 bits per heavy atom. The second-order valence-electron chi connectivity index (χ2n) is 10.3. The first-order chi connectivity index (χ1) is 16.5. The molecule has 4 N–H and O–H groups in total. The first-order valence-corrected chi connectivity index (χ1v) is 12.5. The van der Waals surface area contributed by atoms with Crippen molar-refractivity contribution in [2.75, 3.05) is 26.3 Å². The highest BCUT2D eigenvalue weighted by Gasteiger charge is 2.31. The lowest BCUT2D eigenvalue weighted by molar-refractivity contribution is -0.155. The molecule has 0 unspecified atom stereocenters. The number of amides is 4. The normalized spacial score (nSPS) is 19.1. The van der Waals surface area contributed by atoms with E-state index in [1.54, 1.807) is 25.7 Å². The van der Waals surface area contributed by atoms with Gasteiger partial charge < -0.3 is 25.4 Å². The molecule has 1 heterocycles. The lowest BCUT2D eigenvalue weighted by atomic mass is 9.81. The van der Waals surface area contributed by atoms with E-state index in [4.69, 9.17) is 15.2 Å². The van der Waals surface area contributed by atoms with Crippen molar-refractivity contribution in [2.24, 2.45) is 22.7 Å². The van der Waals surface area contributed by atoms with Gasteiger partial charge in [-0.2, -0.15) is 5.10 Å². The third-order valence-electron chi connectivity index (χ3n) is 6.06. The molecule has 0 aromatic carbocycles. The van der Waals surface area contributed by atoms with Crippen LogP contribution in [0.3, 0.4) is 0 Å². The van der Waals surface area contributed by atoms with Crippen molar-refractivity contribution in [3.63, 3.8) is 0 Å². The number of carbonyl (C=O) groups excluding carboxylic acids is 4. The number of nitrogens with one attached hydrogen (secondary N) is 2. The van der Waals surface area contributed by atoms with Crippen LogP contribution in [0.15, 0.2) is 5.10 Å². The molecule has 4 amide bonds. The van der Waals surface area contributed by atoms with Gasteiger partial charge in [0.1, 0.15) is 5.60 Å². The monoisotopic (exact) mass is 495 g/mol. The van der Waals surface area contributed by atoms with E-state index in [-0.39, 0.29) is 24.7 Å². The summed E-state index contributed by atoms with van der Waals surface area (Å²) in [6.45, 7) is 7.27. The van der Waals surface area contributed by atoms with Crippen molar-refractivity contribution < 1.29 is 28.7 Å². The van der Waals surface area contributed by atoms with E-state index < -0.39 is 29.6 Å². The highest BCUT2D eigenvalue weighted by Crippen LogP contribution is 2.30. The van der Waals surface area contributed by atoms with Crippen LogP contribution in [0.2, 0.25) is 0 Å². The van der Waals surface area contributed by atoms with E-state index in [2.05, 4.69) is 15.8 Å². The maximum absolute atomic E-state index is 13.4. The Labute approximate surface area is 207 Å². The van der Waals surface area contributed by atoms with Crippen LogP contribution in [0.5, 0.6) is 0 Å². The van der Waals surface area contributed by atoms with E-state index in [1.165, 1.54) is 12.6 Å². The third-order valence-corrected chi connectivity index (χ3v) is 6.06. The standard InChI is InChI=1S/C24H41N5O6/c1-24(2,3)35-21(31)15-19(16-26-28-23(25)33)27-22(32)18(13-17-7-5-4-6-8-17)14-20(30)29-9-11-34-12-10-29/h16-19H,4-15H2,1-3H3,(H,27,32)(H3,25,28,33)/t18-,19+/m1/s1. The molecule has 35 heavy (non-hydrogen) atoms. The zero-order valence-electron chi connectivity index (χ0n) is 21.2. The van der Waals surface area contributed by atoms with E-state index in [0.717, 1.165) is 25.7 Å². The van der Waals surface area contributed by atoms with Crippen molar-refractivity contribution >= 4 is 30.0 Å². The average molecular weight is 496 g/mol. The number of esters is 1. The number of ether oxygens (including phenoxy) is 2. The molecule has 2 rings (SSSR count). The number of primary amides is 1. The molecule has 198 valence electrons. The van der Waals surface area contributed by atoms with Crippen LogP contribution in [-0.2, 0) is 23.9 Å². The number of nitrogens with zero attached hydrogens (tertiary/aromatic N) is 2. The highest BCUT2D eigenvalue weighted by molar-refractivity contribution is 5.89. The van der Waals surface area contributed by atoms with Gasteiger partial charge >= 0.3 is 12.0 Å². The molecule has 0 aromatic rings. The van der Waals surface area contributed by atoms with Crippen molar-refractivity contribution in [2.45, 2.75) is 83.8 Å². The van der Waals surface area contributed by atoms with E-state index in [0.29, 0.717) is 38.6 Å².